The monoisotopic (exact) mass is 377 g/mol. The molecule has 0 bridgehead atoms. The van der Waals surface area contributed by atoms with Crippen molar-refractivity contribution in [2.75, 3.05) is 13.7 Å². The molecule has 1 rings (SSSR count). The average molecular weight is 377 g/mol. The first kappa shape index (κ1) is 22.6. The number of methoxy groups -OCH3 is 1. The Labute approximate surface area is 148 Å². The Morgan fingerprint density at radius 3 is 2.00 bits per heavy atom. The van der Waals surface area contributed by atoms with Gasteiger partial charge in [-0.3, -0.25) is 9.11 Å². The second-order valence-corrected chi connectivity index (χ2v) is 6.10. The van der Waals surface area contributed by atoms with Gasteiger partial charge in [0.2, 0.25) is 0 Å². The van der Waals surface area contributed by atoms with Gasteiger partial charge < -0.3 is 19.7 Å². The molecule has 1 fully saturated rings. The summed E-state index contributed by atoms with van der Waals surface area (Å²) in [4.78, 5) is 0. The van der Waals surface area contributed by atoms with Crippen LogP contribution >= 0.6 is 0 Å². The van der Waals surface area contributed by atoms with Gasteiger partial charge in [-0.1, -0.05) is 0 Å². The van der Waals surface area contributed by atoms with Crippen molar-refractivity contribution in [3.8, 4) is 0 Å². The van der Waals surface area contributed by atoms with E-state index in [1.807, 2.05) is 0 Å². The summed E-state index contributed by atoms with van der Waals surface area (Å²) in [5.41, 5.74) is 0. The molecule has 0 aromatic rings. The Balaban J connectivity index is 0.00000441. The van der Waals surface area contributed by atoms with Gasteiger partial charge in [-0.05, 0) is 0 Å². The van der Waals surface area contributed by atoms with Gasteiger partial charge in [-0.25, -0.2) is 8.37 Å². The Hall–Kier alpha value is 0.580. The zero-order chi connectivity index (χ0) is 16.4. The molecule has 1 aliphatic heterocycles. The maximum Gasteiger partial charge on any atom is 1.00 e. The van der Waals surface area contributed by atoms with E-state index < -0.39 is 58.1 Å². The van der Waals surface area contributed by atoms with E-state index in [1.54, 1.807) is 0 Å². The van der Waals surface area contributed by atoms with Crippen LogP contribution in [-0.4, -0.2) is 80.6 Å². The first-order chi connectivity index (χ1) is 9.44. The van der Waals surface area contributed by atoms with Gasteiger partial charge in [0.25, 0.3) is 0 Å². The van der Waals surface area contributed by atoms with Gasteiger partial charge in [0.1, 0.15) is 24.4 Å². The Morgan fingerprint density at radius 1 is 1.05 bits per heavy atom. The summed E-state index contributed by atoms with van der Waals surface area (Å²) >= 11 is 0. The van der Waals surface area contributed by atoms with E-state index >= 15 is 0 Å². The van der Waals surface area contributed by atoms with E-state index in [2.05, 4.69) is 13.1 Å². The fourth-order valence-electron chi connectivity index (χ4n) is 1.65. The van der Waals surface area contributed by atoms with Crippen molar-refractivity contribution in [2.24, 2.45) is 0 Å². The fraction of sp³-hybridized carbons (Fsp3) is 1.00. The van der Waals surface area contributed by atoms with Crippen molar-refractivity contribution in [2.45, 2.75) is 30.7 Å². The number of hydrogen-bond acceptors (Lipinski definition) is 10. The molecule has 0 aromatic heterocycles. The molecule has 0 spiro atoms. The maximum atomic E-state index is 10.7. The standard InChI is InChI=1S/C7H14O12S2.Na/c1-16-7-5(9)4(8)6(19-21(13,14)15)3(18-7)2-17-20(10,11)12;/h3-9H,2H2,1H3,(H,10,11,12)(H,13,14,15);/q;+1/t3-,4-,5-,6-,7-;/m1./s1. The summed E-state index contributed by atoms with van der Waals surface area (Å²) < 4.78 is 77.1. The van der Waals surface area contributed by atoms with Crippen LogP contribution in [0.1, 0.15) is 0 Å². The second kappa shape index (κ2) is 8.61. The molecule has 22 heavy (non-hydrogen) atoms. The molecule has 15 heteroatoms. The summed E-state index contributed by atoms with van der Waals surface area (Å²) in [5, 5.41) is 19.3. The van der Waals surface area contributed by atoms with Crippen molar-refractivity contribution in [1.82, 2.24) is 0 Å². The predicted molar refractivity (Wildman–Crippen MR) is 61.6 cm³/mol. The third-order valence-corrected chi connectivity index (χ3v) is 3.39. The van der Waals surface area contributed by atoms with Gasteiger partial charge >= 0.3 is 50.4 Å². The van der Waals surface area contributed by atoms with Crippen molar-refractivity contribution < 1.29 is 83.6 Å². The topological polar surface area (TPSA) is 186 Å². The molecule has 1 aliphatic rings. The van der Waals surface area contributed by atoms with Gasteiger partial charge in [0, 0.05) is 7.11 Å². The van der Waals surface area contributed by atoms with Crippen molar-refractivity contribution >= 4 is 20.8 Å². The van der Waals surface area contributed by atoms with Crippen molar-refractivity contribution in [1.29, 1.82) is 0 Å². The summed E-state index contributed by atoms with van der Waals surface area (Å²) in [7, 11) is -8.84. The molecule has 12 nitrogen and oxygen atoms in total. The van der Waals surface area contributed by atoms with E-state index in [0.29, 0.717) is 0 Å². The molecule has 1 saturated heterocycles. The molecule has 0 aromatic carbocycles. The van der Waals surface area contributed by atoms with Crippen molar-refractivity contribution in [3.05, 3.63) is 0 Å². The summed E-state index contributed by atoms with van der Waals surface area (Å²) in [6, 6.07) is 0. The summed E-state index contributed by atoms with van der Waals surface area (Å²) in [6.45, 7) is -0.970. The molecule has 4 N–H and O–H groups in total. The number of aliphatic hydroxyl groups excluding tert-OH is 2. The smallest absolute Gasteiger partial charge is 0.387 e. The SMILES string of the molecule is CO[C@@H]1O[C@H](COS(=O)(=O)O)[C@@H](OS(=O)(=O)O)[C@H](O)[C@H]1O.[Na+]. The molecular weight excluding hydrogens is 363 g/mol. The van der Waals surface area contributed by atoms with Crippen LogP contribution < -0.4 is 29.6 Å². The Morgan fingerprint density at radius 2 is 1.59 bits per heavy atom. The average Bonchev–Trinajstić information content (AvgIpc) is 2.31. The van der Waals surface area contributed by atoms with Crippen molar-refractivity contribution in [3.63, 3.8) is 0 Å². The van der Waals surface area contributed by atoms with E-state index in [9.17, 15) is 27.0 Å². The van der Waals surface area contributed by atoms with Crippen LogP contribution in [0.5, 0.6) is 0 Å². The summed E-state index contributed by atoms with van der Waals surface area (Å²) in [5.74, 6) is 0. The quantitative estimate of drug-likeness (QED) is 0.254. The second-order valence-electron chi connectivity index (χ2n) is 3.96. The van der Waals surface area contributed by atoms with Gasteiger partial charge in [0.05, 0.1) is 6.61 Å². The number of rotatable bonds is 6. The van der Waals surface area contributed by atoms with Gasteiger partial charge in [-0.15, -0.1) is 0 Å². The molecule has 0 aliphatic carbocycles. The third-order valence-electron chi connectivity index (χ3n) is 2.49. The van der Waals surface area contributed by atoms with Gasteiger partial charge in [0.15, 0.2) is 6.29 Å². The molecule has 0 amide bonds. The Bertz CT molecular complexity index is 546. The fourth-order valence-corrected chi connectivity index (χ4v) is 2.47. The van der Waals surface area contributed by atoms with E-state index in [0.717, 1.165) is 7.11 Å². The van der Waals surface area contributed by atoms with Crippen LogP contribution in [0.4, 0.5) is 0 Å². The minimum Gasteiger partial charge on any atom is -0.387 e. The molecule has 0 radical (unpaired) electrons. The molecule has 1 heterocycles. The normalized spacial score (nSPS) is 33.2. The minimum absolute atomic E-state index is 0. The zero-order valence-electron chi connectivity index (χ0n) is 11.5. The first-order valence-electron chi connectivity index (χ1n) is 5.26. The molecule has 0 saturated carbocycles. The molecule has 0 unspecified atom stereocenters. The number of ether oxygens (including phenoxy) is 2. The first-order valence-corrected chi connectivity index (χ1v) is 7.99. The third kappa shape index (κ3) is 7.00. The number of aliphatic hydroxyl groups is 2. The van der Waals surface area contributed by atoms with Crippen LogP contribution in [0.3, 0.4) is 0 Å². The van der Waals surface area contributed by atoms with Gasteiger partial charge in [-0.2, -0.15) is 16.8 Å². The summed E-state index contributed by atoms with van der Waals surface area (Å²) in [6.07, 6.45) is -8.61. The van der Waals surface area contributed by atoms with Crippen LogP contribution in [0.15, 0.2) is 0 Å². The minimum atomic E-state index is -5.05. The van der Waals surface area contributed by atoms with E-state index in [-0.39, 0.29) is 29.6 Å². The Kier molecular flexibility index (Phi) is 8.84. The number of hydrogen-bond donors (Lipinski definition) is 4. The predicted octanol–water partition coefficient (Wildman–Crippen LogP) is -5.91. The van der Waals surface area contributed by atoms with Crippen LogP contribution in [0.2, 0.25) is 0 Å². The molecular formula is C7H14NaO12S2+. The van der Waals surface area contributed by atoms with Crippen LogP contribution in [0, 0.1) is 0 Å². The van der Waals surface area contributed by atoms with E-state index in [4.69, 9.17) is 13.8 Å². The van der Waals surface area contributed by atoms with Crippen LogP contribution in [0.25, 0.3) is 0 Å². The molecule has 126 valence electrons. The molecule has 5 atom stereocenters. The maximum absolute atomic E-state index is 10.7. The van der Waals surface area contributed by atoms with Crippen LogP contribution in [-0.2, 0) is 38.6 Å². The zero-order valence-corrected chi connectivity index (χ0v) is 15.1. The van der Waals surface area contributed by atoms with E-state index in [1.165, 1.54) is 0 Å². The largest absolute Gasteiger partial charge is 1.00 e.